The van der Waals surface area contributed by atoms with Gasteiger partial charge in [-0.3, -0.25) is 4.79 Å². The normalized spacial score (nSPS) is 16.1. The van der Waals surface area contributed by atoms with E-state index in [1.165, 1.54) is 12.8 Å². The van der Waals surface area contributed by atoms with E-state index in [-0.39, 0.29) is 6.61 Å². The highest BCUT2D eigenvalue weighted by molar-refractivity contribution is 6.32. The van der Waals surface area contributed by atoms with Gasteiger partial charge in [0.05, 0.1) is 19.3 Å². The molecule has 0 aromatic rings. The molecule has 0 atom stereocenters. The van der Waals surface area contributed by atoms with Gasteiger partial charge in [-0.15, -0.1) is 0 Å². The number of amides is 1. The van der Waals surface area contributed by atoms with E-state index < -0.39 is 11.9 Å². The van der Waals surface area contributed by atoms with Gasteiger partial charge in [-0.25, -0.2) is 4.79 Å². The Kier molecular flexibility index (Phi) is 5.85. The predicted octanol–water partition coefficient (Wildman–Crippen LogP) is 0.625. The van der Waals surface area contributed by atoms with Crippen LogP contribution in [0.5, 0.6) is 0 Å². The third-order valence-corrected chi connectivity index (χ3v) is 2.50. The molecule has 1 aliphatic rings. The third-order valence-electron chi connectivity index (χ3n) is 2.50. The average molecular weight is 229 g/mol. The molecular formula is C11H19NO4. The van der Waals surface area contributed by atoms with Crippen LogP contribution in [0.25, 0.3) is 0 Å². The number of hydrogen-bond donors (Lipinski definition) is 1. The number of rotatable bonds is 5. The van der Waals surface area contributed by atoms with Crippen molar-refractivity contribution in [2.75, 3.05) is 19.8 Å². The first-order valence-electron chi connectivity index (χ1n) is 5.80. The minimum Gasteiger partial charge on any atom is -0.459 e. The van der Waals surface area contributed by atoms with Crippen molar-refractivity contribution < 1.29 is 19.1 Å². The summed E-state index contributed by atoms with van der Waals surface area (Å²) in [6.07, 6.45) is 4.98. The van der Waals surface area contributed by atoms with Crippen molar-refractivity contribution in [3.05, 3.63) is 0 Å². The lowest BCUT2D eigenvalue weighted by molar-refractivity contribution is -0.154. The smallest absolute Gasteiger partial charge is 0.396 e. The number of carbonyl (C=O) groups is 2. The van der Waals surface area contributed by atoms with E-state index in [0.29, 0.717) is 19.3 Å². The Morgan fingerprint density at radius 1 is 1.31 bits per heavy atom. The molecule has 1 saturated carbocycles. The van der Waals surface area contributed by atoms with Crippen molar-refractivity contribution in [1.29, 1.82) is 0 Å². The maximum atomic E-state index is 11.1. The van der Waals surface area contributed by atoms with E-state index in [2.05, 4.69) is 10.1 Å². The van der Waals surface area contributed by atoms with Crippen LogP contribution < -0.4 is 5.32 Å². The van der Waals surface area contributed by atoms with Gasteiger partial charge in [0.15, 0.2) is 0 Å². The Labute approximate surface area is 95.5 Å². The quantitative estimate of drug-likeness (QED) is 0.426. The Hall–Kier alpha value is -1.10. The summed E-state index contributed by atoms with van der Waals surface area (Å²) in [4.78, 5) is 22.0. The largest absolute Gasteiger partial charge is 0.459 e. The summed E-state index contributed by atoms with van der Waals surface area (Å²) < 4.78 is 10.1. The van der Waals surface area contributed by atoms with E-state index in [9.17, 15) is 9.59 Å². The second-order valence-corrected chi connectivity index (χ2v) is 3.75. The van der Waals surface area contributed by atoms with Gasteiger partial charge in [0.2, 0.25) is 0 Å². The summed E-state index contributed by atoms with van der Waals surface area (Å²) in [7, 11) is 0. The van der Waals surface area contributed by atoms with Gasteiger partial charge >= 0.3 is 11.9 Å². The first kappa shape index (κ1) is 13.0. The molecule has 0 radical (unpaired) electrons. The zero-order chi connectivity index (χ0) is 11.8. The minimum atomic E-state index is -0.830. The number of carbonyl (C=O) groups excluding carboxylic acids is 2. The van der Waals surface area contributed by atoms with Crippen LogP contribution in [0.1, 0.15) is 32.6 Å². The molecule has 0 aliphatic heterocycles. The third kappa shape index (κ3) is 4.61. The van der Waals surface area contributed by atoms with Crippen molar-refractivity contribution in [2.45, 2.75) is 38.7 Å². The highest BCUT2D eigenvalue weighted by Crippen LogP contribution is 2.20. The molecule has 1 rings (SSSR count). The van der Waals surface area contributed by atoms with Crippen molar-refractivity contribution in [3.63, 3.8) is 0 Å². The molecule has 0 bridgehead atoms. The summed E-state index contributed by atoms with van der Waals surface area (Å²) in [6.45, 7) is 2.68. The molecular weight excluding hydrogens is 210 g/mol. The van der Waals surface area contributed by atoms with Gasteiger partial charge in [-0.2, -0.15) is 0 Å². The summed E-state index contributed by atoms with van der Waals surface area (Å²) in [6, 6.07) is 0. The van der Waals surface area contributed by atoms with Gasteiger partial charge < -0.3 is 14.8 Å². The van der Waals surface area contributed by atoms with Gasteiger partial charge in [0.25, 0.3) is 0 Å². The SMILES string of the molecule is CCOC(=O)C(=O)NCCOC1CCCC1. The fraction of sp³-hybridized carbons (Fsp3) is 0.818. The monoisotopic (exact) mass is 229 g/mol. The standard InChI is InChI=1S/C11H19NO4/c1-2-15-11(14)10(13)12-7-8-16-9-5-3-4-6-9/h9H,2-8H2,1H3,(H,12,13). The fourth-order valence-electron chi connectivity index (χ4n) is 1.71. The lowest BCUT2D eigenvalue weighted by Gasteiger charge is -2.11. The zero-order valence-corrected chi connectivity index (χ0v) is 9.66. The number of ether oxygens (including phenoxy) is 2. The molecule has 0 aromatic heterocycles. The Bertz CT molecular complexity index is 236. The van der Waals surface area contributed by atoms with Crippen LogP contribution in [0, 0.1) is 0 Å². The lowest BCUT2D eigenvalue weighted by atomic mass is 10.3. The molecule has 5 heteroatoms. The van der Waals surface area contributed by atoms with Gasteiger partial charge in [0.1, 0.15) is 0 Å². The Morgan fingerprint density at radius 3 is 2.62 bits per heavy atom. The summed E-state index contributed by atoms with van der Waals surface area (Å²) in [5, 5.41) is 2.45. The lowest BCUT2D eigenvalue weighted by Crippen LogP contribution is -2.35. The van der Waals surface area contributed by atoms with Crippen molar-refractivity contribution >= 4 is 11.9 Å². The Morgan fingerprint density at radius 2 is 2.00 bits per heavy atom. The van der Waals surface area contributed by atoms with Crippen LogP contribution in [0.4, 0.5) is 0 Å². The molecule has 0 spiro atoms. The molecule has 0 unspecified atom stereocenters. The molecule has 0 heterocycles. The molecule has 0 saturated heterocycles. The molecule has 5 nitrogen and oxygen atoms in total. The molecule has 1 amide bonds. The van der Waals surface area contributed by atoms with Gasteiger partial charge in [-0.05, 0) is 19.8 Å². The molecule has 0 aromatic carbocycles. The molecule has 1 N–H and O–H groups in total. The fourth-order valence-corrected chi connectivity index (χ4v) is 1.71. The number of nitrogens with one attached hydrogen (secondary N) is 1. The van der Waals surface area contributed by atoms with Crippen LogP contribution in [0.2, 0.25) is 0 Å². The zero-order valence-electron chi connectivity index (χ0n) is 9.66. The second kappa shape index (κ2) is 7.22. The van der Waals surface area contributed by atoms with E-state index >= 15 is 0 Å². The minimum absolute atomic E-state index is 0.213. The topological polar surface area (TPSA) is 64.6 Å². The Balaban J connectivity index is 2.01. The highest BCUT2D eigenvalue weighted by atomic mass is 16.5. The maximum absolute atomic E-state index is 11.1. The molecule has 1 aliphatic carbocycles. The average Bonchev–Trinajstić information content (AvgIpc) is 2.77. The van der Waals surface area contributed by atoms with Crippen molar-refractivity contribution in [2.24, 2.45) is 0 Å². The predicted molar refractivity (Wildman–Crippen MR) is 57.9 cm³/mol. The maximum Gasteiger partial charge on any atom is 0.396 e. The van der Waals surface area contributed by atoms with E-state index in [0.717, 1.165) is 12.8 Å². The van der Waals surface area contributed by atoms with E-state index in [4.69, 9.17) is 4.74 Å². The number of esters is 1. The van der Waals surface area contributed by atoms with Crippen LogP contribution in [-0.4, -0.2) is 37.7 Å². The number of hydrogen-bond acceptors (Lipinski definition) is 4. The van der Waals surface area contributed by atoms with E-state index in [1.54, 1.807) is 6.92 Å². The van der Waals surface area contributed by atoms with Gasteiger partial charge in [0, 0.05) is 6.54 Å². The first-order valence-corrected chi connectivity index (χ1v) is 5.80. The van der Waals surface area contributed by atoms with Gasteiger partial charge in [-0.1, -0.05) is 12.8 Å². The summed E-state index contributed by atoms with van der Waals surface area (Å²) >= 11 is 0. The molecule has 16 heavy (non-hydrogen) atoms. The highest BCUT2D eigenvalue weighted by Gasteiger charge is 2.16. The van der Waals surface area contributed by atoms with Crippen LogP contribution in [0.3, 0.4) is 0 Å². The van der Waals surface area contributed by atoms with E-state index in [1.807, 2.05) is 0 Å². The molecule has 92 valence electrons. The summed E-state index contributed by atoms with van der Waals surface area (Å²) in [5.41, 5.74) is 0. The second-order valence-electron chi connectivity index (χ2n) is 3.75. The van der Waals surface area contributed by atoms with Crippen LogP contribution >= 0.6 is 0 Å². The first-order chi connectivity index (χ1) is 7.74. The van der Waals surface area contributed by atoms with Crippen LogP contribution in [0.15, 0.2) is 0 Å². The van der Waals surface area contributed by atoms with Crippen molar-refractivity contribution in [3.8, 4) is 0 Å². The molecule has 1 fully saturated rings. The van der Waals surface area contributed by atoms with Crippen LogP contribution in [-0.2, 0) is 19.1 Å². The summed E-state index contributed by atoms with van der Waals surface area (Å²) in [5.74, 6) is -1.53. The van der Waals surface area contributed by atoms with Crippen molar-refractivity contribution in [1.82, 2.24) is 5.32 Å².